The van der Waals surface area contributed by atoms with E-state index in [-0.39, 0.29) is 0 Å². The topological polar surface area (TPSA) is 80.3 Å². The summed E-state index contributed by atoms with van der Waals surface area (Å²) < 4.78 is 2.56. The van der Waals surface area contributed by atoms with Crippen molar-refractivity contribution < 1.29 is 28.8 Å². The molecule has 0 aromatic heterocycles. The first-order chi connectivity index (χ1) is 12.1. The van der Waals surface area contributed by atoms with E-state index in [9.17, 15) is 19.8 Å². The van der Waals surface area contributed by atoms with Gasteiger partial charge in [-0.1, -0.05) is 0 Å². The van der Waals surface area contributed by atoms with Crippen molar-refractivity contribution in [3.63, 3.8) is 0 Å². The van der Waals surface area contributed by atoms with Crippen LogP contribution in [0, 0.1) is 0 Å². The largest absolute Gasteiger partial charge is 0.545 e. The summed E-state index contributed by atoms with van der Waals surface area (Å²) in [6.45, 7) is 28.4. The third-order valence-electron chi connectivity index (χ3n) is 5.72. The van der Waals surface area contributed by atoms with E-state index in [2.05, 4.69) is 55.4 Å². The lowest BCUT2D eigenvalue weighted by Gasteiger charge is -2.34. The highest BCUT2D eigenvalue weighted by atomic mass is 16.4. The van der Waals surface area contributed by atoms with Gasteiger partial charge in [0.15, 0.2) is 0 Å². The van der Waals surface area contributed by atoms with Gasteiger partial charge in [0, 0.05) is 0 Å². The van der Waals surface area contributed by atoms with Gasteiger partial charge in [-0.05, 0) is 67.5 Å². The molecule has 0 spiro atoms. The Balaban J connectivity index is -0.000000306. The molecule has 0 aliphatic heterocycles. The highest BCUT2D eigenvalue weighted by Gasteiger charge is 2.16. The van der Waals surface area contributed by atoms with Crippen LogP contribution < -0.4 is 10.2 Å². The molecule has 26 heavy (non-hydrogen) atoms. The van der Waals surface area contributed by atoms with Crippen molar-refractivity contribution in [3.05, 3.63) is 12.2 Å². The number of carbonyl (C=O) groups excluding carboxylic acids is 2. The number of aliphatic carboxylic acids is 2. The molecule has 6 heteroatoms. The lowest BCUT2D eigenvalue weighted by molar-refractivity contribution is -0.921. The average molecular weight is 375 g/mol. The van der Waals surface area contributed by atoms with E-state index in [1.54, 1.807) is 0 Å². The van der Waals surface area contributed by atoms with Crippen LogP contribution in [0.3, 0.4) is 0 Å². The number of nitrogens with zero attached hydrogens (tertiary/aromatic N) is 2. The zero-order chi connectivity index (χ0) is 21.2. The van der Waals surface area contributed by atoms with E-state index in [0.29, 0.717) is 12.2 Å². The quantitative estimate of drug-likeness (QED) is 0.419. The summed E-state index contributed by atoms with van der Waals surface area (Å²) in [5.74, 6) is -3.09. The summed E-state index contributed by atoms with van der Waals surface area (Å²) in [6.07, 6.45) is 0.769. The minimum Gasteiger partial charge on any atom is -0.545 e. The van der Waals surface area contributed by atoms with Crippen LogP contribution in [0.25, 0.3) is 0 Å². The van der Waals surface area contributed by atoms with Gasteiger partial charge in [0.25, 0.3) is 0 Å². The number of carboxylic acids is 2. The van der Waals surface area contributed by atoms with Crippen molar-refractivity contribution in [2.75, 3.05) is 52.4 Å². The molecule has 156 valence electrons. The second-order valence-corrected chi connectivity index (χ2v) is 6.18. The molecule has 0 aromatic rings. The van der Waals surface area contributed by atoms with Gasteiger partial charge >= 0.3 is 0 Å². The third kappa shape index (κ3) is 13.8. The summed E-state index contributed by atoms with van der Waals surface area (Å²) >= 11 is 0. The highest BCUT2D eigenvalue weighted by Crippen LogP contribution is 2.03. The second-order valence-electron chi connectivity index (χ2n) is 6.18. The Labute approximate surface area is 161 Å². The number of hydrogen-bond donors (Lipinski definition) is 0. The van der Waals surface area contributed by atoms with Crippen LogP contribution in [0.2, 0.25) is 0 Å². The van der Waals surface area contributed by atoms with Gasteiger partial charge in [-0.3, -0.25) is 0 Å². The van der Waals surface area contributed by atoms with E-state index < -0.39 is 11.9 Å². The first-order valence-corrected chi connectivity index (χ1v) is 9.91. The molecule has 0 rings (SSSR count). The molecule has 6 nitrogen and oxygen atoms in total. The normalized spacial score (nSPS) is 11.2. The molecule has 0 aromatic carbocycles. The minimum atomic E-state index is -1.55. The fourth-order valence-corrected chi connectivity index (χ4v) is 2.82. The second kappa shape index (κ2) is 17.0. The van der Waals surface area contributed by atoms with Crippen LogP contribution >= 0.6 is 0 Å². The van der Waals surface area contributed by atoms with E-state index in [1.165, 1.54) is 61.3 Å². The Hall–Kier alpha value is -1.40. The van der Waals surface area contributed by atoms with Crippen LogP contribution in [-0.2, 0) is 9.59 Å². The molecule has 0 saturated carbocycles. The number of quaternary nitrogens is 2. The predicted molar refractivity (Wildman–Crippen MR) is 104 cm³/mol. The van der Waals surface area contributed by atoms with Crippen LogP contribution in [0.15, 0.2) is 12.2 Å². The van der Waals surface area contributed by atoms with Gasteiger partial charge in [-0.25, -0.2) is 0 Å². The smallest absolute Gasteiger partial charge is 0.0757 e. The molecule has 0 saturated heterocycles. The van der Waals surface area contributed by atoms with E-state index in [4.69, 9.17) is 0 Å². The van der Waals surface area contributed by atoms with E-state index >= 15 is 0 Å². The fourth-order valence-electron chi connectivity index (χ4n) is 2.82. The summed E-state index contributed by atoms with van der Waals surface area (Å²) in [5, 5.41) is 18.8. The van der Waals surface area contributed by atoms with Crippen LogP contribution in [0.1, 0.15) is 55.4 Å². The molecule has 0 aliphatic carbocycles. The van der Waals surface area contributed by atoms with Gasteiger partial charge < -0.3 is 28.8 Å². The Morgan fingerprint density at radius 1 is 0.538 bits per heavy atom. The molecule has 0 bridgehead atoms. The molecular weight excluding hydrogens is 332 g/mol. The average Bonchev–Trinajstić information content (AvgIpc) is 2.66. The Bertz CT molecular complexity index is 316. The number of rotatable bonds is 10. The molecule has 0 unspecified atom stereocenters. The monoisotopic (exact) mass is 374 g/mol. The van der Waals surface area contributed by atoms with Crippen molar-refractivity contribution in [1.29, 1.82) is 0 Å². The zero-order valence-electron chi connectivity index (χ0n) is 18.3. The summed E-state index contributed by atoms with van der Waals surface area (Å²) in [7, 11) is 0. The summed E-state index contributed by atoms with van der Waals surface area (Å²) in [5.41, 5.74) is 0. The maximum Gasteiger partial charge on any atom is 0.0757 e. The van der Waals surface area contributed by atoms with Crippen molar-refractivity contribution in [2.24, 2.45) is 0 Å². The molecule has 0 N–H and O–H groups in total. The maximum absolute atomic E-state index is 9.41. The number of carboxylic acid groups (broad SMARTS) is 2. The summed E-state index contributed by atoms with van der Waals surface area (Å²) in [4.78, 5) is 18.8. The molecule has 0 atom stereocenters. The van der Waals surface area contributed by atoms with Gasteiger partial charge in [0.05, 0.1) is 64.3 Å². The maximum atomic E-state index is 9.41. The molecule has 0 fully saturated rings. The molecular formula is C20H42N2O4. The SMILES string of the molecule is CC[N+](CC)(CC)CC.CC[N+](CC)(CC)CC.O=C([O-])/C=C/C(=O)[O-]. The van der Waals surface area contributed by atoms with Gasteiger partial charge in [0.2, 0.25) is 0 Å². The lowest BCUT2D eigenvalue weighted by Crippen LogP contribution is -2.47. The number of carbonyl (C=O) groups is 2. The Morgan fingerprint density at radius 2 is 0.692 bits per heavy atom. The molecule has 0 aliphatic rings. The van der Waals surface area contributed by atoms with Crippen molar-refractivity contribution in [2.45, 2.75) is 55.4 Å². The zero-order valence-corrected chi connectivity index (χ0v) is 18.3. The Kier molecular flexibility index (Phi) is 19.2. The van der Waals surface area contributed by atoms with Gasteiger partial charge in [-0.2, -0.15) is 0 Å². The minimum absolute atomic E-state index is 0.384. The van der Waals surface area contributed by atoms with Crippen LogP contribution in [0.5, 0.6) is 0 Å². The summed E-state index contributed by atoms with van der Waals surface area (Å²) in [6, 6.07) is 0. The van der Waals surface area contributed by atoms with Crippen molar-refractivity contribution >= 4 is 11.9 Å². The molecule has 0 heterocycles. The molecule has 0 amide bonds. The van der Waals surface area contributed by atoms with Crippen LogP contribution in [-0.4, -0.2) is 73.3 Å². The standard InChI is InChI=1S/2C8H20N.C4H4O4/c2*1-5-9(6-2,7-3)8-4;5-3(6)1-2-4(7)8/h2*5-8H2,1-4H3;1-2H,(H,5,6)(H,7,8)/q2*+1;/p-2/b;;2-1+. The fraction of sp³-hybridized carbons (Fsp3) is 0.800. The van der Waals surface area contributed by atoms with Crippen molar-refractivity contribution in [1.82, 2.24) is 0 Å². The third-order valence-corrected chi connectivity index (χ3v) is 5.72. The van der Waals surface area contributed by atoms with Gasteiger partial charge in [-0.15, -0.1) is 0 Å². The number of hydrogen-bond acceptors (Lipinski definition) is 4. The highest BCUT2D eigenvalue weighted by molar-refractivity contribution is 5.87. The predicted octanol–water partition coefficient (Wildman–Crippen LogP) is 0.808. The first-order valence-electron chi connectivity index (χ1n) is 9.91. The lowest BCUT2D eigenvalue weighted by atomic mass is 10.3. The van der Waals surface area contributed by atoms with Gasteiger partial charge in [0.1, 0.15) is 0 Å². The van der Waals surface area contributed by atoms with Crippen molar-refractivity contribution in [3.8, 4) is 0 Å². The Morgan fingerprint density at radius 3 is 0.731 bits per heavy atom. The van der Waals surface area contributed by atoms with Crippen LogP contribution in [0.4, 0.5) is 0 Å². The van der Waals surface area contributed by atoms with E-state index in [0.717, 1.165) is 0 Å². The molecule has 0 radical (unpaired) electrons. The first kappa shape index (κ1) is 29.4. The van der Waals surface area contributed by atoms with E-state index in [1.807, 2.05) is 0 Å².